The maximum Gasteiger partial charge on any atom is 0.199 e. The van der Waals surface area contributed by atoms with E-state index in [0.29, 0.717) is 22.9 Å². The number of Topliss-reactive ketones (excluding diaryl/α,β-unsaturated/α-hetero) is 1. The van der Waals surface area contributed by atoms with Crippen molar-refractivity contribution in [3.63, 3.8) is 0 Å². The summed E-state index contributed by atoms with van der Waals surface area (Å²) < 4.78 is 10.9. The molecule has 0 aliphatic rings. The van der Waals surface area contributed by atoms with E-state index in [1.54, 1.807) is 18.2 Å². The molecule has 0 heterocycles. The van der Waals surface area contributed by atoms with E-state index in [-0.39, 0.29) is 5.78 Å². The van der Waals surface area contributed by atoms with Gasteiger partial charge in [-0.1, -0.05) is 41.9 Å². The summed E-state index contributed by atoms with van der Waals surface area (Å²) in [7, 11) is 1.53. The minimum atomic E-state index is -0.663. The highest BCUT2D eigenvalue weighted by Crippen LogP contribution is 2.29. The van der Waals surface area contributed by atoms with Crippen molar-refractivity contribution in [3.05, 3.63) is 64.7 Å². The van der Waals surface area contributed by atoms with E-state index < -0.39 is 6.10 Å². The van der Waals surface area contributed by atoms with Crippen molar-refractivity contribution in [2.75, 3.05) is 13.7 Å². The van der Waals surface area contributed by atoms with Crippen LogP contribution in [0, 0.1) is 0 Å². The maximum atomic E-state index is 12.8. The van der Waals surface area contributed by atoms with Crippen molar-refractivity contribution in [2.24, 2.45) is 0 Å². The average molecular weight is 305 g/mol. The first-order valence-electron chi connectivity index (χ1n) is 6.71. The molecule has 0 spiro atoms. The third kappa shape index (κ3) is 3.63. The zero-order valence-corrected chi connectivity index (χ0v) is 12.8. The second-order valence-electron chi connectivity index (χ2n) is 4.45. The van der Waals surface area contributed by atoms with Crippen LogP contribution in [0.15, 0.2) is 48.5 Å². The molecule has 110 valence electrons. The Labute approximate surface area is 129 Å². The number of hydrogen-bond acceptors (Lipinski definition) is 3. The number of ether oxygens (including phenoxy) is 2. The van der Waals surface area contributed by atoms with E-state index in [4.69, 9.17) is 21.1 Å². The summed E-state index contributed by atoms with van der Waals surface area (Å²) in [6.07, 6.45) is -0.663. The van der Waals surface area contributed by atoms with Gasteiger partial charge in [-0.3, -0.25) is 4.79 Å². The van der Waals surface area contributed by atoms with Gasteiger partial charge in [0.05, 0.1) is 12.7 Å². The number of halogens is 1. The van der Waals surface area contributed by atoms with Crippen molar-refractivity contribution in [1.29, 1.82) is 0 Å². The zero-order chi connectivity index (χ0) is 15.2. The Kier molecular flexibility index (Phi) is 5.37. The van der Waals surface area contributed by atoms with Crippen LogP contribution in [-0.2, 0) is 4.74 Å². The molecule has 0 radical (unpaired) electrons. The van der Waals surface area contributed by atoms with Gasteiger partial charge >= 0.3 is 0 Å². The Morgan fingerprint density at radius 1 is 1.19 bits per heavy atom. The second-order valence-corrected chi connectivity index (χ2v) is 4.89. The Morgan fingerprint density at radius 2 is 1.90 bits per heavy atom. The molecule has 1 unspecified atom stereocenters. The predicted molar refractivity (Wildman–Crippen MR) is 83.1 cm³/mol. The molecule has 0 fully saturated rings. The highest BCUT2D eigenvalue weighted by atomic mass is 35.5. The van der Waals surface area contributed by atoms with Gasteiger partial charge in [0.1, 0.15) is 11.9 Å². The predicted octanol–water partition coefficient (Wildman–Crippen LogP) is 4.31. The van der Waals surface area contributed by atoms with Crippen LogP contribution in [0.1, 0.15) is 28.9 Å². The second kappa shape index (κ2) is 7.25. The molecule has 0 aromatic heterocycles. The van der Waals surface area contributed by atoms with Crippen LogP contribution in [0.25, 0.3) is 0 Å². The quantitative estimate of drug-likeness (QED) is 0.746. The SMILES string of the molecule is CCOC(C(=O)c1cc(Cl)ccc1OC)c1ccccc1. The largest absolute Gasteiger partial charge is 0.496 e. The lowest BCUT2D eigenvalue weighted by Crippen LogP contribution is -2.17. The summed E-state index contributed by atoms with van der Waals surface area (Å²) in [4.78, 5) is 12.8. The Morgan fingerprint density at radius 3 is 2.52 bits per heavy atom. The summed E-state index contributed by atoms with van der Waals surface area (Å²) in [5, 5.41) is 0.488. The summed E-state index contributed by atoms with van der Waals surface area (Å²) in [5.74, 6) is 0.326. The molecule has 4 heteroatoms. The summed E-state index contributed by atoms with van der Waals surface area (Å²) in [5.41, 5.74) is 1.23. The monoisotopic (exact) mass is 304 g/mol. The zero-order valence-electron chi connectivity index (χ0n) is 12.0. The van der Waals surface area contributed by atoms with Crippen molar-refractivity contribution in [1.82, 2.24) is 0 Å². The lowest BCUT2D eigenvalue weighted by Gasteiger charge is -2.18. The van der Waals surface area contributed by atoms with Crippen molar-refractivity contribution >= 4 is 17.4 Å². The number of rotatable bonds is 6. The van der Waals surface area contributed by atoms with E-state index in [1.807, 2.05) is 37.3 Å². The maximum absolute atomic E-state index is 12.8. The number of carbonyl (C=O) groups is 1. The smallest absolute Gasteiger partial charge is 0.199 e. The highest BCUT2D eigenvalue weighted by molar-refractivity contribution is 6.31. The number of methoxy groups -OCH3 is 1. The topological polar surface area (TPSA) is 35.5 Å². The number of benzene rings is 2. The van der Waals surface area contributed by atoms with Gasteiger partial charge in [-0.2, -0.15) is 0 Å². The molecule has 0 aliphatic heterocycles. The standard InChI is InChI=1S/C17H17ClO3/c1-3-21-17(12-7-5-4-6-8-12)16(19)14-11-13(18)9-10-15(14)20-2/h4-11,17H,3H2,1-2H3. The lowest BCUT2D eigenvalue weighted by atomic mass is 9.99. The van der Waals surface area contributed by atoms with Crippen LogP contribution >= 0.6 is 11.6 Å². The lowest BCUT2D eigenvalue weighted by molar-refractivity contribution is 0.0450. The van der Waals surface area contributed by atoms with Crippen LogP contribution in [0.5, 0.6) is 5.75 Å². The first-order valence-corrected chi connectivity index (χ1v) is 7.09. The minimum Gasteiger partial charge on any atom is -0.496 e. The van der Waals surface area contributed by atoms with Crippen LogP contribution in [0.4, 0.5) is 0 Å². The van der Waals surface area contributed by atoms with Crippen LogP contribution in [0.2, 0.25) is 5.02 Å². The molecular weight excluding hydrogens is 288 g/mol. The third-order valence-electron chi connectivity index (χ3n) is 3.10. The van der Waals surface area contributed by atoms with Crippen molar-refractivity contribution in [3.8, 4) is 5.75 Å². The molecule has 2 aromatic carbocycles. The Hall–Kier alpha value is -1.84. The van der Waals surface area contributed by atoms with Crippen LogP contribution in [-0.4, -0.2) is 19.5 Å². The average Bonchev–Trinajstić information content (AvgIpc) is 2.52. The summed E-state index contributed by atoms with van der Waals surface area (Å²) >= 11 is 6.00. The Bertz CT molecular complexity index is 611. The molecule has 0 N–H and O–H groups in total. The fraction of sp³-hybridized carbons (Fsp3) is 0.235. The number of carbonyl (C=O) groups excluding carboxylic acids is 1. The fourth-order valence-electron chi connectivity index (χ4n) is 2.13. The fourth-order valence-corrected chi connectivity index (χ4v) is 2.30. The van der Waals surface area contributed by atoms with Gasteiger partial charge in [-0.15, -0.1) is 0 Å². The molecular formula is C17H17ClO3. The Balaban J connectivity index is 2.42. The molecule has 0 bridgehead atoms. The summed E-state index contributed by atoms with van der Waals surface area (Å²) in [6, 6.07) is 14.4. The van der Waals surface area contributed by atoms with Gasteiger partial charge in [0.25, 0.3) is 0 Å². The van der Waals surface area contributed by atoms with Gasteiger partial charge in [0, 0.05) is 11.6 Å². The first kappa shape index (κ1) is 15.5. The van der Waals surface area contributed by atoms with Crippen LogP contribution in [0.3, 0.4) is 0 Å². The molecule has 0 aliphatic carbocycles. The van der Waals surface area contributed by atoms with Gasteiger partial charge in [-0.05, 0) is 30.7 Å². The van der Waals surface area contributed by atoms with Gasteiger partial charge in [0.2, 0.25) is 0 Å². The van der Waals surface area contributed by atoms with E-state index >= 15 is 0 Å². The third-order valence-corrected chi connectivity index (χ3v) is 3.34. The van der Waals surface area contributed by atoms with E-state index in [2.05, 4.69) is 0 Å². The molecule has 3 nitrogen and oxygen atoms in total. The summed E-state index contributed by atoms with van der Waals surface area (Å²) in [6.45, 7) is 2.30. The van der Waals surface area contributed by atoms with E-state index in [1.165, 1.54) is 7.11 Å². The molecule has 2 rings (SSSR count). The van der Waals surface area contributed by atoms with Crippen molar-refractivity contribution in [2.45, 2.75) is 13.0 Å². The van der Waals surface area contributed by atoms with Crippen LogP contribution < -0.4 is 4.74 Å². The number of hydrogen-bond donors (Lipinski definition) is 0. The van der Waals surface area contributed by atoms with E-state index in [0.717, 1.165) is 5.56 Å². The molecule has 1 atom stereocenters. The van der Waals surface area contributed by atoms with Crippen molar-refractivity contribution < 1.29 is 14.3 Å². The molecule has 0 saturated carbocycles. The van der Waals surface area contributed by atoms with E-state index in [9.17, 15) is 4.79 Å². The highest BCUT2D eigenvalue weighted by Gasteiger charge is 2.25. The molecule has 0 saturated heterocycles. The molecule has 2 aromatic rings. The van der Waals surface area contributed by atoms with Gasteiger partial charge < -0.3 is 9.47 Å². The molecule has 21 heavy (non-hydrogen) atoms. The van der Waals surface area contributed by atoms with Gasteiger partial charge in [0.15, 0.2) is 5.78 Å². The molecule has 0 amide bonds. The normalized spacial score (nSPS) is 12.0. The number of ketones is 1. The van der Waals surface area contributed by atoms with Gasteiger partial charge in [-0.25, -0.2) is 0 Å². The minimum absolute atomic E-state index is 0.164. The first-order chi connectivity index (χ1) is 10.2.